The van der Waals surface area contributed by atoms with Crippen LogP contribution in [0.15, 0.2) is 73.1 Å². The fourth-order valence-electron chi connectivity index (χ4n) is 5.10. The molecule has 3 amide bonds. The lowest BCUT2D eigenvalue weighted by Gasteiger charge is -2.44. The molecule has 0 aliphatic carbocycles. The number of amides is 3. The van der Waals surface area contributed by atoms with Crippen molar-refractivity contribution in [1.82, 2.24) is 25.0 Å². The second-order valence-electron chi connectivity index (χ2n) is 9.88. The number of hydrogen-bond donors (Lipinski definition) is 1. The van der Waals surface area contributed by atoms with Crippen LogP contribution in [-0.4, -0.2) is 49.2 Å². The molecule has 1 aromatic heterocycles. The van der Waals surface area contributed by atoms with Crippen LogP contribution in [0.1, 0.15) is 30.1 Å². The number of nitriles is 1. The third kappa shape index (κ3) is 5.51. The quantitative estimate of drug-likeness (QED) is 0.284. The Hall–Kier alpha value is -5.10. The zero-order valence-electron chi connectivity index (χ0n) is 22.7. The maximum Gasteiger partial charge on any atom is 0.573 e. The summed E-state index contributed by atoms with van der Waals surface area (Å²) in [5, 5.41) is 17.0. The normalized spacial score (nSPS) is 18.3. The number of aromatic nitrogens is 3. The molecular weight excluding hydrogens is 602 g/mol. The van der Waals surface area contributed by atoms with Crippen molar-refractivity contribution < 1.29 is 31.9 Å². The third-order valence-corrected chi connectivity index (χ3v) is 8.31. The highest BCUT2D eigenvalue weighted by Crippen LogP contribution is 2.45. The van der Waals surface area contributed by atoms with Crippen molar-refractivity contribution in [2.75, 3.05) is 10.7 Å². The fraction of sp³-hybridized carbons (Fsp3) is 0.207. The van der Waals surface area contributed by atoms with Crippen molar-refractivity contribution in [3.63, 3.8) is 0 Å². The van der Waals surface area contributed by atoms with E-state index >= 15 is 0 Å². The minimum absolute atomic E-state index is 0.155. The molecule has 6 rings (SSSR count). The first-order valence-electron chi connectivity index (χ1n) is 13.1. The molecule has 1 saturated heterocycles. The summed E-state index contributed by atoms with van der Waals surface area (Å²) in [6.45, 7) is 1.74. The number of fused-ring (bicyclic) bond motifs is 3. The summed E-state index contributed by atoms with van der Waals surface area (Å²) in [6.07, 6.45) is -3.39. The Labute approximate surface area is 251 Å². The highest BCUT2D eigenvalue weighted by molar-refractivity contribution is 8.01. The van der Waals surface area contributed by atoms with E-state index in [-0.39, 0.29) is 17.4 Å². The molecule has 0 bridgehead atoms. The number of hydrogen-bond acceptors (Lipinski definition) is 7. The van der Waals surface area contributed by atoms with E-state index in [1.807, 2.05) is 0 Å². The van der Waals surface area contributed by atoms with Crippen LogP contribution in [-0.2, 0) is 4.79 Å². The average Bonchev–Trinajstić information content (AvgIpc) is 3.63. The molecule has 15 heteroatoms. The minimum Gasteiger partial charge on any atom is -0.406 e. The molecule has 2 aliphatic rings. The standard InChI is InChI=1S/C29H21F4N7O3S/c1-16-22-12-19(30)6-11-24(22)40-25(41)14-44-28(40)39(16)27(42)36-23(13-34)17-2-4-18(5-3-17)26-35-15-38(37-26)20-7-9-21(10-8-20)43-29(31,32)33/h2-12,15-16,23,28H,14H2,1H3,(H,36,42). The van der Waals surface area contributed by atoms with Gasteiger partial charge in [-0.25, -0.2) is 18.9 Å². The van der Waals surface area contributed by atoms with E-state index in [2.05, 4.69) is 26.2 Å². The Balaban J connectivity index is 1.17. The molecule has 0 saturated carbocycles. The number of carbonyl (C=O) groups is 2. The number of rotatable bonds is 5. The van der Waals surface area contributed by atoms with Gasteiger partial charge in [-0.05, 0) is 55.0 Å². The van der Waals surface area contributed by atoms with Crippen LogP contribution in [0.4, 0.5) is 28.0 Å². The van der Waals surface area contributed by atoms with Crippen LogP contribution >= 0.6 is 11.8 Å². The first kappa shape index (κ1) is 29.0. The van der Waals surface area contributed by atoms with Gasteiger partial charge in [0.25, 0.3) is 0 Å². The van der Waals surface area contributed by atoms with Crippen LogP contribution in [0.5, 0.6) is 5.75 Å². The van der Waals surface area contributed by atoms with E-state index in [9.17, 15) is 32.4 Å². The number of thioether (sulfide) groups is 1. The molecule has 0 radical (unpaired) electrons. The highest BCUT2D eigenvalue weighted by atomic mass is 32.2. The first-order chi connectivity index (χ1) is 21.0. The number of carbonyl (C=O) groups excluding carboxylic acids is 2. The Morgan fingerprint density at radius 3 is 2.55 bits per heavy atom. The highest BCUT2D eigenvalue weighted by Gasteiger charge is 2.47. The molecule has 4 aromatic rings. The zero-order valence-corrected chi connectivity index (χ0v) is 23.5. The summed E-state index contributed by atoms with van der Waals surface area (Å²) in [5.41, 5.74) is 1.92. The molecule has 10 nitrogen and oxygen atoms in total. The Morgan fingerprint density at radius 2 is 1.86 bits per heavy atom. The van der Waals surface area contributed by atoms with Gasteiger partial charge in [0.1, 0.15) is 23.9 Å². The number of halogens is 4. The van der Waals surface area contributed by atoms with Gasteiger partial charge in [-0.1, -0.05) is 24.3 Å². The molecule has 44 heavy (non-hydrogen) atoms. The summed E-state index contributed by atoms with van der Waals surface area (Å²) in [5.74, 6) is -0.578. The van der Waals surface area contributed by atoms with E-state index in [1.54, 1.807) is 31.2 Å². The molecular formula is C29H21F4N7O3S. The molecule has 1 N–H and O–H groups in total. The number of benzene rings is 3. The SMILES string of the molecule is CC1c2cc(F)ccc2N2C(=O)CSC2N1C(=O)NC(C#N)c1ccc(-c2ncn(-c3ccc(OC(F)(F)F)cc3)n2)cc1. The molecule has 3 atom stereocenters. The average molecular weight is 624 g/mol. The summed E-state index contributed by atoms with van der Waals surface area (Å²) in [6, 6.07) is 15.7. The van der Waals surface area contributed by atoms with Crippen molar-refractivity contribution in [3.8, 4) is 28.9 Å². The van der Waals surface area contributed by atoms with E-state index < -0.39 is 35.8 Å². The Bertz CT molecular complexity index is 1770. The molecule has 0 spiro atoms. The largest absolute Gasteiger partial charge is 0.573 e. The van der Waals surface area contributed by atoms with Crippen molar-refractivity contribution in [3.05, 3.63) is 90.0 Å². The van der Waals surface area contributed by atoms with Gasteiger partial charge in [-0.15, -0.1) is 30.0 Å². The van der Waals surface area contributed by atoms with Crippen molar-refractivity contribution >= 4 is 29.4 Å². The lowest BCUT2D eigenvalue weighted by molar-refractivity contribution is -0.274. The zero-order chi connectivity index (χ0) is 31.2. The molecule has 224 valence electrons. The van der Waals surface area contributed by atoms with Crippen LogP contribution in [0.25, 0.3) is 17.1 Å². The fourth-order valence-corrected chi connectivity index (χ4v) is 6.35. The number of ether oxygens (including phenoxy) is 1. The van der Waals surface area contributed by atoms with E-state index in [4.69, 9.17) is 0 Å². The molecule has 2 aliphatic heterocycles. The number of urea groups is 1. The summed E-state index contributed by atoms with van der Waals surface area (Å²) >= 11 is 1.27. The third-order valence-electron chi connectivity index (χ3n) is 7.16. The van der Waals surface area contributed by atoms with Gasteiger partial charge < -0.3 is 10.1 Å². The van der Waals surface area contributed by atoms with Gasteiger partial charge in [0, 0.05) is 11.1 Å². The first-order valence-corrected chi connectivity index (χ1v) is 14.2. The van der Waals surface area contributed by atoms with Crippen molar-refractivity contribution in [1.29, 1.82) is 5.26 Å². The second-order valence-corrected chi connectivity index (χ2v) is 10.9. The molecule has 3 heterocycles. The number of nitrogens with zero attached hydrogens (tertiary/aromatic N) is 6. The molecule has 3 aromatic carbocycles. The molecule has 1 fully saturated rings. The van der Waals surface area contributed by atoms with Crippen LogP contribution in [0.3, 0.4) is 0 Å². The van der Waals surface area contributed by atoms with Gasteiger partial charge in [-0.2, -0.15) is 5.26 Å². The lowest BCUT2D eigenvalue weighted by atomic mass is 10.0. The maximum atomic E-state index is 14.1. The Kier molecular flexibility index (Phi) is 7.38. The van der Waals surface area contributed by atoms with Gasteiger partial charge in [0.05, 0.1) is 29.2 Å². The van der Waals surface area contributed by atoms with Crippen molar-refractivity contribution in [2.24, 2.45) is 0 Å². The van der Waals surface area contributed by atoms with E-state index in [0.29, 0.717) is 33.9 Å². The maximum absolute atomic E-state index is 14.1. The van der Waals surface area contributed by atoms with Gasteiger partial charge in [-0.3, -0.25) is 14.6 Å². The van der Waals surface area contributed by atoms with Gasteiger partial charge >= 0.3 is 12.4 Å². The summed E-state index contributed by atoms with van der Waals surface area (Å²) < 4.78 is 56.7. The molecule has 3 unspecified atom stereocenters. The van der Waals surface area contributed by atoms with E-state index in [1.165, 1.54) is 62.9 Å². The predicted molar refractivity (Wildman–Crippen MR) is 151 cm³/mol. The minimum atomic E-state index is -4.79. The number of alkyl halides is 3. The van der Waals surface area contributed by atoms with E-state index in [0.717, 1.165) is 12.1 Å². The van der Waals surface area contributed by atoms with Crippen molar-refractivity contribution in [2.45, 2.75) is 30.9 Å². The second kappa shape index (κ2) is 11.2. The number of nitrogens with one attached hydrogen (secondary N) is 1. The number of anilines is 1. The van der Waals surface area contributed by atoms with Crippen LogP contribution in [0, 0.1) is 17.1 Å². The van der Waals surface area contributed by atoms with Gasteiger partial charge in [0.2, 0.25) is 5.91 Å². The smallest absolute Gasteiger partial charge is 0.406 e. The Morgan fingerprint density at radius 1 is 1.14 bits per heavy atom. The monoisotopic (exact) mass is 623 g/mol. The topological polar surface area (TPSA) is 116 Å². The summed E-state index contributed by atoms with van der Waals surface area (Å²) in [4.78, 5) is 33.4. The predicted octanol–water partition coefficient (Wildman–Crippen LogP) is 5.69. The van der Waals surface area contributed by atoms with Gasteiger partial charge in [0.15, 0.2) is 11.3 Å². The van der Waals surface area contributed by atoms with Crippen LogP contribution < -0.4 is 15.0 Å². The summed E-state index contributed by atoms with van der Waals surface area (Å²) in [7, 11) is 0. The lowest BCUT2D eigenvalue weighted by Crippen LogP contribution is -2.55. The van der Waals surface area contributed by atoms with Crippen LogP contribution in [0.2, 0.25) is 0 Å².